The molecule has 0 fully saturated rings. The van der Waals surface area contributed by atoms with Gasteiger partial charge in [0.1, 0.15) is 15.4 Å². The Kier molecular flexibility index (Phi) is 7.41. The number of rotatable bonds is 8. The van der Waals surface area contributed by atoms with Gasteiger partial charge in [0.15, 0.2) is 10.6 Å². The van der Waals surface area contributed by atoms with Crippen molar-refractivity contribution < 1.29 is 19.4 Å². The number of H-pyrrole nitrogens is 2. The van der Waals surface area contributed by atoms with Gasteiger partial charge in [0.2, 0.25) is 5.88 Å². The van der Waals surface area contributed by atoms with E-state index in [4.69, 9.17) is 17.0 Å². The summed E-state index contributed by atoms with van der Waals surface area (Å²) in [5, 5.41) is 10.2. The van der Waals surface area contributed by atoms with Gasteiger partial charge in [0.05, 0.1) is 12.2 Å². The van der Waals surface area contributed by atoms with Crippen LogP contribution < -0.4 is 5.56 Å². The molecule has 2 aromatic heterocycles. The van der Waals surface area contributed by atoms with Crippen molar-refractivity contribution in [1.29, 1.82) is 0 Å². The predicted molar refractivity (Wildman–Crippen MR) is 110 cm³/mol. The fourth-order valence-electron chi connectivity index (χ4n) is 2.50. The van der Waals surface area contributed by atoms with Crippen LogP contribution in [0.3, 0.4) is 0 Å². The largest absolute Gasteiger partial charge is 0.494 e. The van der Waals surface area contributed by atoms with Crippen molar-refractivity contribution in [1.82, 2.24) is 9.97 Å². The summed E-state index contributed by atoms with van der Waals surface area (Å²) in [4.78, 5) is 46.1. The fourth-order valence-corrected chi connectivity index (χ4v) is 3.75. The lowest BCUT2D eigenvalue weighted by atomic mass is 10.0. The normalized spacial score (nSPS) is 11.1. The number of Topliss-reactive ketones (excluding diaryl/α,β-unsaturated/α-hetero) is 1. The smallest absolute Gasteiger partial charge is 0.348 e. The molecule has 2 heterocycles. The van der Waals surface area contributed by atoms with Crippen LogP contribution in [0, 0.1) is 11.7 Å². The summed E-state index contributed by atoms with van der Waals surface area (Å²) in [7, 11) is 0. The second kappa shape index (κ2) is 9.56. The molecule has 0 spiro atoms. The molecular formula is C18H21N3O5S2. The van der Waals surface area contributed by atoms with Gasteiger partial charge in [-0.05, 0) is 38.0 Å². The second-order valence-electron chi connectivity index (χ2n) is 5.91. The molecule has 2 rings (SSSR count). The molecule has 0 aliphatic heterocycles. The first-order valence-corrected chi connectivity index (χ1v) is 9.95. The zero-order valence-electron chi connectivity index (χ0n) is 15.7. The van der Waals surface area contributed by atoms with E-state index in [-0.39, 0.29) is 27.7 Å². The topological polar surface area (TPSA) is 125 Å². The number of esters is 1. The highest BCUT2D eigenvalue weighted by molar-refractivity contribution is 7.71. The van der Waals surface area contributed by atoms with E-state index in [0.717, 1.165) is 24.0 Å². The molecule has 10 heteroatoms. The van der Waals surface area contributed by atoms with Crippen LogP contribution in [0.15, 0.2) is 9.79 Å². The highest BCUT2D eigenvalue weighted by atomic mass is 32.1. The highest BCUT2D eigenvalue weighted by Crippen LogP contribution is 2.37. The number of carbonyl (C=O) groups excluding carboxylic acids is 2. The third kappa shape index (κ3) is 4.82. The minimum atomic E-state index is -0.622. The minimum Gasteiger partial charge on any atom is -0.494 e. The Balaban J connectivity index is 2.54. The van der Waals surface area contributed by atoms with Crippen LogP contribution in [0.5, 0.6) is 5.88 Å². The molecule has 8 nitrogen and oxygen atoms in total. The molecule has 0 radical (unpaired) electrons. The van der Waals surface area contributed by atoms with Crippen molar-refractivity contribution >= 4 is 46.5 Å². The quantitative estimate of drug-likeness (QED) is 0.257. The first-order chi connectivity index (χ1) is 13.3. The van der Waals surface area contributed by atoms with Crippen LogP contribution in [0.25, 0.3) is 0 Å². The Morgan fingerprint density at radius 2 is 2.04 bits per heavy atom. The summed E-state index contributed by atoms with van der Waals surface area (Å²) >= 11 is 5.80. The molecule has 150 valence electrons. The molecule has 0 amide bonds. The van der Waals surface area contributed by atoms with E-state index in [0.29, 0.717) is 28.8 Å². The Morgan fingerprint density at radius 1 is 1.32 bits per heavy atom. The number of aromatic amines is 2. The average molecular weight is 424 g/mol. The summed E-state index contributed by atoms with van der Waals surface area (Å²) < 4.78 is 5.03. The highest BCUT2D eigenvalue weighted by Gasteiger charge is 2.24. The van der Waals surface area contributed by atoms with E-state index in [9.17, 15) is 19.5 Å². The molecule has 0 atom stereocenters. The van der Waals surface area contributed by atoms with Gasteiger partial charge in [-0.1, -0.05) is 13.3 Å². The van der Waals surface area contributed by atoms with Crippen LogP contribution in [0.2, 0.25) is 0 Å². The third-order valence-corrected chi connectivity index (χ3v) is 5.28. The predicted octanol–water partition coefficient (Wildman–Crippen LogP) is 3.81. The molecule has 0 unspecified atom stereocenters. The van der Waals surface area contributed by atoms with Gasteiger partial charge in [-0.15, -0.1) is 11.3 Å². The number of ketones is 1. The third-order valence-electron chi connectivity index (χ3n) is 3.89. The number of carbonyl (C=O) groups is 2. The number of nitrogens with zero attached hydrogens (tertiary/aromatic N) is 1. The minimum absolute atomic E-state index is 0.0216. The molecule has 3 N–H and O–H groups in total. The van der Waals surface area contributed by atoms with Gasteiger partial charge in [-0.2, -0.15) is 0 Å². The summed E-state index contributed by atoms with van der Waals surface area (Å²) in [6.45, 7) is 5.55. The maximum absolute atomic E-state index is 12.7. The maximum Gasteiger partial charge on any atom is 0.348 e. The SMILES string of the molecule is CCCCC(=O)c1c(/N=C/c2c(O)[nH]c(=S)[nH]c2=O)sc(C(=O)OCC)c1C. The number of aromatic nitrogens is 2. The lowest BCUT2D eigenvalue weighted by molar-refractivity contribution is 0.0531. The summed E-state index contributed by atoms with van der Waals surface area (Å²) in [5.41, 5.74) is 0.0758. The van der Waals surface area contributed by atoms with Crippen LogP contribution in [0.1, 0.15) is 64.3 Å². The van der Waals surface area contributed by atoms with E-state index in [2.05, 4.69) is 15.0 Å². The monoisotopic (exact) mass is 423 g/mol. The number of nitrogens with one attached hydrogen (secondary N) is 2. The Morgan fingerprint density at radius 3 is 2.64 bits per heavy atom. The van der Waals surface area contributed by atoms with Gasteiger partial charge < -0.3 is 14.8 Å². The number of aliphatic imine (C=N–C) groups is 1. The lowest BCUT2D eigenvalue weighted by Gasteiger charge is -2.03. The standard InChI is InChI=1S/C18H21N3O5S2/c1-4-6-7-11(22)12-9(3)13(17(25)26-5-2)28-16(12)19-8-10-14(23)20-18(27)21-15(10)24/h8H,4-7H2,1-3H3,(H3,20,21,23,24,27)/b19-8+. The number of hydrogen-bond acceptors (Lipinski definition) is 8. The number of unbranched alkanes of at least 4 members (excludes halogenated alkanes) is 1. The fraction of sp³-hybridized carbons (Fsp3) is 0.389. The van der Waals surface area contributed by atoms with E-state index >= 15 is 0 Å². The van der Waals surface area contributed by atoms with E-state index in [1.165, 1.54) is 0 Å². The zero-order chi connectivity index (χ0) is 20.8. The van der Waals surface area contributed by atoms with Crippen molar-refractivity contribution in [3.05, 3.63) is 36.7 Å². The number of thiophene rings is 1. The molecule has 0 aliphatic carbocycles. The van der Waals surface area contributed by atoms with Gasteiger partial charge in [0.25, 0.3) is 5.56 Å². The van der Waals surface area contributed by atoms with E-state index in [1.807, 2.05) is 6.92 Å². The molecule has 0 aliphatic rings. The first-order valence-electron chi connectivity index (χ1n) is 8.73. The molecule has 0 aromatic carbocycles. The van der Waals surface area contributed by atoms with Crippen molar-refractivity contribution in [3.63, 3.8) is 0 Å². The Labute approximate surface area is 170 Å². The van der Waals surface area contributed by atoms with Gasteiger partial charge in [0, 0.05) is 12.6 Å². The van der Waals surface area contributed by atoms with E-state index < -0.39 is 17.4 Å². The molecule has 0 bridgehead atoms. The number of ether oxygens (including phenoxy) is 1. The van der Waals surface area contributed by atoms with Crippen molar-refractivity contribution in [2.75, 3.05) is 6.61 Å². The van der Waals surface area contributed by atoms with Crippen molar-refractivity contribution in [2.24, 2.45) is 4.99 Å². The maximum atomic E-state index is 12.7. The van der Waals surface area contributed by atoms with Crippen LogP contribution in [-0.4, -0.2) is 39.6 Å². The van der Waals surface area contributed by atoms with Gasteiger partial charge >= 0.3 is 5.97 Å². The number of hydrogen-bond donors (Lipinski definition) is 3. The Bertz CT molecular complexity index is 1030. The number of aromatic hydroxyl groups is 1. The molecule has 2 aromatic rings. The molecular weight excluding hydrogens is 402 g/mol. The average Bonchev–Trinajstić information content (AvgIpc) is 2.95. The molecule has 0 saturated heterocycles. The zero-order valence-corrected chi connectivity index (χ0v) is 17.4. The summed E-state index contributed by atoms with van der Waals surface area (Å²) in [5.74, 6) is -1.10. The second-order valence-corrected chi connectivity index (χ2v) is 7.32. The van der Waals surface area contributed by atoms with Crippen molar-refractivity contribution in [3.8, 4) is 5.88 Å². The molecule has 0 saturated carbocycles. The van der Waals surface area contributed by atoms with Crippen LogP contribution >= 0.6 is 23.6 Å². The van der Waals surface area contributed by atoms with Crippen molar-refractivity contribution in [2.45, 2.75) is 40.0 Å². The van der Waals surface area contributed by atoms with Crippen LogP contribution in [0.4, 0.5) is 5.00 Å². The van der Waals surface area contributed by atoms with Gasteiger partial charge in [-0.25, -0.2) is 9.79 Å². The lowest BCUT2D eigenvalue weighted by Crippen LogP contribution is -2.13. The summed E-state index contributed by atoms with van der Waals surface area (Å²) in [6.07, 6.45) is 3.02. The first kappa shape index (κ1) is 21.7. The summed E-state index contributed by atoms with van der Waals surface area (Å²) in [6, 6.07) is 0. The van der Waals surface area contributed by atoms with E-state index in [1.54, 1.807) is 13.8 Å². The molecule has 28 heavy (non-hydrogen) atoms. The Hall–Kier alpha value is -2.59. The van der Waals surface area contributed by atoms with Crippen LogP contribution in [-0.2, 0) is 4.74 Å². The van der Waals surface area contributed by atoms with Gasteiger partial charge in [-0.3, -0.25) is 14.6 Å².